The zero-order chi connectivity index (χ0) is 10.3. The van der Waals surface area contributed by atoms with E-state index in [1.54, 1.807) is 0 Å². The Morgan fingerprint density at radius 2 is 2.21 bits per heavy atom. The lowest BCUT2D eigenvalue weighted by molar-refractivity contribution is 0.0810. The number of aromatic nitrogens is 1. The molecule has 1 aromatic heterocycles. The van der Waals surface area contributed by atoms with Gasteiger partial charge in [-0.15, -0.1) is 0 Å². The second kappa shape index (κ2) is 2.98. The van der Waals surface area contributed by atoms with Crippen molar-refractivity contribution in [2.45, 2.75) is 12.3 Å². The largest absolute Gasteiger partial charge is 0.410 e. The minimum atomic E-state index is -3.11. The van der Waals surface area contributed by atoms with Crippen LogP contribution in [-0.4, -0.2) is 21.8 Å². The van der Waals surface area contributed by atoms with Crippen molar-refractivity contribution >= 4 is 21.6 Å². The summed E-state index contributed by atoms with van der Waals surface area (Å²) < 4.78 is 27.0. The minimum Gasteiger partial charge on any atom is -0.410 e. The number of pyridine rings is 1. The van der Waals surface area contributed by atoms with Gasteiger partial charge in [0.2, 0.25) is 0 Å². The molecule has 74 valence electrons. The molecule has 0 bridgehead atoms. The van der Waals surface area contributed by atoms with Crippen molar-refractivity contribution in [2.24, 2.45) is 5.16 Å². The van der Waals surface area contributed by atoms with E-state index in [0.29, 0.717) is 10.0 Å². The maximum atomic E-state index is 13.2. The summed E-state index contributed by atoms with van der Waals surface area (Å²) in [4.78, 5) is 3.75. The third-order valence-electron chi connectivity index (χ3n) is 2.11. The van der Waals surface area contributed by atoms with Crippen LogP contribution in [0.5, 0.6) is 0 Å². The molecule has 0 radical (unpaired) electrons. The van der Waals surface area contributed by atoms with Crippen LogP contribution in [0.1, 0.15) is 11.1 Å². The summed E-state index contributed by atoms with van der Waals surface area (Å²) in [7, 11) is 0. The number of alkyl halides is 2. The molecule has 1 aliphatic carbocycles. The molecule has 0 unspecified atom stereocenters. The number of hydrogen-bond donors (Lipinski definition) is 1. The predicted molar refractivity (Wildman–Crippen MR) is 48.9 cm³/mol. The lowest BCUT2D eigenvalue weighted by Gasteiger charge is -2.06. The van der Waals surface area contributed by atoms with Crippen molar-refractivity contribution < 1.29 is 14.0 Å². The Morgan fingerprint density at radius 3 is 2.86 bits per heavy atom. The number of oxime groups is 1. The summed E-state index contributed by atoms with van der Waals surface area (Å²) in [6.45, 7) is 0. The first kappa shape index (κ1) is 9.51. The quantitative estimate of drug-likeness (QED) is 0.576. The molecule has 2 rings (SSSR count). The van der Waals surface area contributed by atoms with Gasteiger partial charge in [0.25, 0.3) is 5.92 Å². The molecule has 0 spiro atoms. The molecule has 0 atom stereocenters. The van der Waals surface area contributed by atoms with Crippen LogP contribution in [0.4, 0.5) is 8.78 Å². The van der Waals surface area contributed by atoms with E-state index in [0.717, 1.165) is 0 Å². The molecule has 0 saturated carbocycles. The molecule has 0 aliphatic heterocycles. The van der Waals surface area contributed by atoms with Gasteiger partial charge in [-0.3, -0.25) is 4.98 Å². The van der Waals surface area contributed by atoms with Crippen molar-refractivity contribution in [3.05, 3.63) is 28.0 Å². The maximum absolute atomic E-state index is 13.2. The Balaban J connectivity index is 2.65. The van der Waals surface area contributed by atoms with Gasteiger partial charge in [-0.2, -0.15) is 8.78 Å². The highest BCUT2D eigenvalue weighted by Gasteiger charge is 2.46. The van der Waals surface area contributed by atoms with Gasteiger partial charge >= 0.3 is 0 Å². The highest BCUT2D eigenvalue weighted by molar-refractivity contribution is 9.10. The van der Waals surface area contributed by atoms with Crippen LogP contribution in [0.2, 0.25) is 0 Å². The Hall–Kier alpha value is -1.04. The fourth-order valence-electron chi connectivity index (χ4n) is 1.48. The van der Waals surface area contributed by atoms with Crippen molar-refractivity contribution in [1.29, 1.82) is 0 Å². The highest BCUT2D eigenvalue weighted by atomic mass is 79.9. The number of hydrogen-bond acceptors (Lipinski definition) is 3. The Kier molecular flexibility index (Phi) is 2.02. The topological polar surface area (TPSA) is 45.5 Å². The van der Waals surface area contributed by atoms with Gasteiger partial charge in [-0.1, -0.05) is 5.16 Å². The van der Waals surface area contributed by atoms with Gasteiger partial charge in [-0.05, 0) is 21.5 Å². The first-order valence-electron chi connectivity index (χ1n) is 3.79. The maximum Gasteiger partial charge on any atom is 0.297 e. The summed E-state index contributed by atoms with van der Waals surface area (Å²) in [6.07, 6.45) is 2.26. The van der Waals surface area contributed by atoms with E-state index < -0.39 is 18.1 Å². The van der Waals surface area contributed by atoms with Gasteiger partial charge in [0.05, 0.1) is 0 Å². The van der Waals surface area contributed by atoms with Crippen LogP contribution in [0.3, 0.4) is 0 Å². The molecule has 1 N–H and O–H groups in total. The number of halogens is 3. The van der Waals surface area contributed by atoms with Gasteiger partial charge in [0.15, 0.2) is 5.71 Å². The molecule has 6 heteroatoms. The molecular formula is C8H5BrF2N2O. The van der Waals surface area contributed by atoms with Crippen LogP contribution >= 0.6 is 15.9 Å². The van der Waals surface area contributed by atoms with Gasteiger partial charge < -0.3 is 5.21 Å². The monoisotopic (exact) mass is 262 g/mol. The van der Waals surface area contributed by atoms with E-state index in [4.69, 9.17) is 5.21 Å². The lowest BCUT2D eigenvalue weighted by atomic mass is 10.2. The van der Waals surface area contributed by atoms with Gasteiger partial charge in [-0.25, -0.2) is 0 Å². The van der Waals surface area contributed by atoms with Crippen LogP contribution in [0.15, 0.2) is 22.0 Å². The minimum absolute atomic E-state index is 0.201. The van der Waals surface area contributed by atoms with Crippen LogP contribution < -0.4 is 0 Å². The summed E-state index contributed by atoms with van der Waals surface area (Å²) in [5.74, 6) is -3.11. The first-order chi connectivity index (χ1) is 6.56. The van der Waals surface area contributed by atoms with E-state index in [1.165, 1.54) is 12.4 Å². The van der Waals surface area contributed by atoms with Crippen molar-refractivity contribution in [2.75, 3.05) is 0 Å². The van der Waals surface area contributed by atoms with Crippen LogP contribution in [0, 0.1) is 0 Å². The standard InChI is InChI=1S/C8H5BrF2N2O/c9-6-3-12-2-5-4(6)1-8(10,11)7(5)13-14/h2-3,14H,1H2. The Morgan fingerprint density at radius 1 is 1.50 bits per heavy atom. The smallest absolute Gasteiger partial charge is 0.297 e. The molecule has 1 heterocycles. The highest BCUT2D eigenvalue weighted by Crippen LogP contribution is 2.37. The number of nitrogens with zero attached hydrogens (tertiary/aromatic N) is 2. The molecular weight excluding hydrogens is 258 g/mol. The number of rotatable bonds is 0. The predicted octanol–water partition coefficient (Wildman–Crippen LogP) is 2.21. The lowest BCUT2D eigenvalue weighted by Crippen LogP contribution is -2.24. The van der Waals surface area contributed by atoms with E-state index in [9.17, 15) is 8.78 Å². The molecule has 0 amide bonds. The third kappa shape index (κ3) is 1.21. The van der Waals surface area contributed by atoms with Crippen LogP contribution in [-0.2, 0) is 6.42 Å². The third-order valence-corrected chi connectivity index (χ3v) is 2.79. The Labute approximate surface area is 86.6 Å². The van der Waals surface area contributed by atoms with Gasteiger partial charge in [0, 0.05) is 28.9 Å². The molecule has 0 aromatic carbocycles. The van der Waals surface area contributed by atoms with E-state index in [2.05, 4.69) is 26.1 Å². The van der Waals surface area contributed by atoms with Crippen molar-refractivity contribution in [1.82, 2.24) is 4.98 Å². The second-order valence-corrected chi connectivity index (χ2v) is 3.83. The molecule has 1 aromatic rings. The van der Waals surface area contributed by atoms with Crippen molar-refractivity contribution in [3.8, 4) is 0 Å². The first-order valence-corrected chi connectivity index (χ1v) is 4.58. The molecule has 14 heavy (non-hydrogen) atoms. The van der Waals surface area contributed by atoms with Crippen molar-refractivity contribution in [3.63, 3.8) is 0 Å². The zero-order valence-electron chi connectivity index (χ0n) is 6.84. The molecule has 1 aliphatic rings. The summed E-state index contributed by atoms with van der Waals surface area (Å²) in [5.41, 5.74) is 0.0194. The molecule has 0 saturated heterocycles. The van der Waals surface area contributed by atoms with Gasteiger partial charge in [0.1, 0.15) is 0 Å². The SMILES string of the molecule is ON=C1c2cncc(Br)c2CC1(F)F. The fraction of sp³-hybridized carbons (Fsp3) is 0.250. The summed E-state index contributed by atoms with van der Waals surface area (Å²) in [5, 5.41) is 11.1. The van der Waals surface area contributed by atoms with E-state index >= 15 is 0 Å². The summed E-state index contributed by atoms with van der Waals surface area (Å²) >= 11 is 3.12. The van der Waals surface area contributed by atoms with Crippen LogP contribution in [0.25, 0.3) is 0 Å². The van der Waals surface area contributed by atoms with E-state index in [1.807, 2.05) is 0 Å². The second-order valence-electron chi connectivity index (χ2n) is 2.98. The zero-order valence-corrected chi connectivity index (χ0v) is 8.42. The normalized spacial score (nSPS) is 21.2. The molecule has 3 nitrogen and oxygen atoms in total. The average molecular weight is 263 g/mol. The average Bonchev–Trinajstić information content (AvgIpc) is 2.37. The Bertz CT molecular complexity index is 420. The molecule has 0 fully saturated rings. The fourth-order valence-corrected chi connectivity index (χ4v) is 1.95. The number of fused-ring (bicyclic) bond motifs is 1. The van der Waals surface area contributed by atoms with E-state index in [-0.39, 0.29) is 5.56 Å². The summed E-state index contributed by atoms with van der Waals surface area (Å²) in [6, 6.07) is 0.